The summed E-state index contributed by atoms with van der Waals surface area (Å²) in [7, 11) is 0. The molecule has 3 aliphatic rings. The van der Waals surface area contributed by atoms with Crippen molar-refractivity contribution in [1.29, 1.82) is 0 Å². The molecule has 2 saturated heterocycles. The predicted octanol–water partition coefficient (Wildman–Crippen LogP) is 2.38. The highest BCUT2D eigenvalue weighted by atomic mass is 35.5. The van der Waals surface area contributed by atoms with E-state index in [0.29, 0.717) is 88.0 Å². The van der Waals surface area contributed by atoms with Crippen LogP contribution in [0.25, 0.3) is 5.78 Å². The third kappa shape index (κ3) is 5.83. The molecule has 49 heavy (non-hydrogen) atoms. The molecule has 0 bridgehead atoms. The lowest BCUT2D eigenvalue weighted by molar-refractivity contribution is -0.671. The van der Waals surface area contributed by atoms with Crippen LogP contribution in [-0.2, 0) is 34.1 Å². The molecule has 2 amide bonds. The van der Waals surface area contributed by atoms with Gasteiger partial charge in [0.15, 0.2) is 18.0 Å². The van der Waals surface area contributed by atoms with Gasteiger partial charge in [0.25, 0.3) is 11.8 Å². The summed E-state index contributed by atoms with van der Waals surface area (Å²) in [6.45, 7) is 3.91. The van der Waals surface area contributed by atoms with E-state index in [-0.39, 0.29) is 40.0 Å². The third-order valence-corrected chi connectivity index (χ3v) is 9.97. The number of aromatic hydroxyl groups is 1. The number of carbonyl (C=O) groups excluding carboxylic acids is 2. The lowest BCUT2D eigenvalue weighted by Gasteiger charge is -2.39. The van der Waals surface area contributed by atoms with E-state index < -0.39 is 29.0 Å². The molecule has 0 saturated carbocycles. The third-order valence-electron chi connectivity index (χ3n) is 9.66. The van der Waals surface area contributed by atoms with Crippen LogP contribution in [0.2, 0.25) is 5.02 Å². The molecule has 258 valence electrons. The number of anilines is 2. The van der Waals surface area contributed by atoms with Crippen molar-refractivity contribution in [3.8, 4) is 5.75 Å². The lowest BCUT2D eigenvalue weighted by atomic mass is 9.74. The first-order valence-corrected chi connectivity index (χ1v) is 16.1. The summed E-state index contributed by atoms with van der Waals surface area (Å²) in [5, 5.41) is 15.8. The Morgan fingerprint density at radius 3 is 2.57 bits per heavy atom. The number of halogens is 4. The van der Waals surface area contributed by atoms with Crippen molar-refractivity contribution >= 4 is 40.8 Å². The number of ether oxygens (including phenoxy) is 1. The zero-order valence-corrected chi connectivity index (χ0v) is 27.1. The smallest absolute Gasteiger partial charge is 0.428 e. The number of rotatable bonds is 5. The van der Waals surface area contributed by atoms with Crippen molar-refractivity contribution in [2.24, 2.45) is 0 Å². The van der Waals surface area contributed by atoms with E-state index in [1.807, 2.05) is 4.90 Å². The second kappa shape index (κ2) is 12.3. The molecular weight excluding hydrogens is 671 g/mol. The number of aromatic amines is 1. The Kier molecular flexibility index (Phi) is 8.21. The SMILES string of the molecule is Cc1ncnc(C(=O)N2CCC3(CCc4c3c(=O)n3[nH]c(N5CCOCC5)nc3[n+]4CC(=O)Nc3ccc(C(F)(F)F)cc3Cl)CC2)c1O. The number of piperidine rings is 1. The Morgan fingerprint density at radius 2 is 1.88 bits per heavy atom. The topological polar surface area (TPSA) is 162 Å². The van der Waals surface area contributed by atoms with E-state index in [9.17, 15) is 32.7 Å². The Bertz CT molecular complexity index is 2040. The van der Waals surface area contributed by atoms with Crippen molar-refractivity contribution < 1.29 is 37.2 Å². The predicted molar refractivity (Wildman–Crippen MR) is 168 cm³/mol. The summed E-state index contributed by atoms with van der Waals surface area (Å²) in [5.74, 6) is -0.643. The average Bonchev–Trinajstić information content (AvgIpc) is 3.69. The molecule has 3 aromatic heterocycles. The van der Waals surface area contributed by atoms with E-state index in [1.54, 1.807) is 16.4 Å². The normalized spacial score (nSPS) is 17.5. The van der Waals surface area contributed by atoms with Gasteiger partial charge in [-0.3, -0.25) is 9.59 Å². The number of amides is 2. The lowest BCUT2D eigenvalue weighted by Crippen LogP contribution is -2.51. The molecule has 2 fully saturated rings. The van der Waals surface area contributed by atoms with Gasteiger partial charge in [0.05, 0.1) is 46.4 Å². The molecule has 4 aromatic rings. The van der Waals surface area contributed by atoms with E-state index in [4.69, 9.17) is 21.3 Å². The van der Waals surface area contributed by atoms with Crippen LogP contribution >= 0.6 is 11.6 Å². The molecule has 1 aromatic carbocycles. The first-order valence-electron chi connectivity index (χ1n) is 15.7. The van der Waals surface area contributed by atoms with Crippen molar-refractivity contribution in [2.45, 2.75) is 50.7 Å². The first kappa shape index (κ1) is 32.8. The van der Waals surface area contributed by atoms with Crippen LogP contribution in [0.1, 0.15) is 52.3 Å². The summed E-state index contributed by atoms with van der Waals surface area (Å²) in [6, 6.07) is 2.68. The Morgan fingerprint density at radius 1 is 1.14 bits per heavy atom. The van der Waals surface area contributed by atoms with Crippen molar-refractivity contribution in [1.82, 2.24) is 29.5 Å². The summed E-state index contributed by atoms with van der Waals surface area (Å²) in [5.41, 5.74) is -0.482. The molecule has 0 unspecified atom stereocenters. The van der Waals surface area contributed by atoms with Gasteiger partial charge in [0.1, 0.15) is 6.33 Å². The standard InChI is InChI=1S/C31H31ClF3N9O5/c1-17-25(46)24(37-16-36-17)27(48)41-8-6-30(7-9-41)5-4-21-23(30)26(47)44-29(39-28(40-44)42-10-12-49-13-11-42)43(21)15-22(45)38-20-3-2-18(14-19(20)32)31(33,34)35/h2-3,14,16H,4-13,15H2,1H3,(H2,38,45,46,48)/p+1. The van der Waals surface area contributed by atoms with Gasteiger partial charge in [-0.25, -0.2) is 19.3 Å². The summed E-state index contributed by atoms with van der Waals surface area (Å²) in [6.07, 6.45) is -1.42. The molecule has 1 aliphatic carbocycles. The highest BCUT2D eigenvalue weighted by Crippen LogP contribution is 2.44. The Balaban J connectivity index is 1.22. The van der Waals surface area contributed by atoms with Gasteiger partial charge in [-0.15, -0.1) is 0 Å². The number of likely N-dealkylation sites (tertiary alicyclic amines) is 1. The molecule has 0 radical (unpaired) electrons. The fourth-order valence-electron chi connectivity index (χ4n) is 7.03. The minimum absolute atomic E-state index is 0.00992. The number of alkyl halides is 3. The van der Waals surface area contributed by atoms with Gasteiger partial charge in [0, 0.05) is 38.0 Å². The number of nitrogens with one attached hydrogen (secondary N) is 2. The monoisotopic (exact) mass is 702 g/mol. The van der Waals surface area contributed by atoms with Crippen LogP contribution in [0.15, 0.2) is 29.3 Å². The number of aryl methyl sites for hydroxylation is 1. The fourth-order valence-corrected chi connectivity index (χ4v) is 7.26. The van der Waals surface area contributed by atoms with Gasteiger partial charge in [-0.1, -0.05) is 16.1 Å². The van der Waals surface area contributed by atoms with Crippen LogP contribution in [0, 0.1) is 6.92 Å². The number of fused-ring (bicyclic) bond motifs is 3. The summed E-state index contributed by atoms with van der Waals surface area (Å²) < 4.78 is 48.0. The number of hydrogen-bond acceptors (Lipinski definition) is 9. The second-order valence-corrected chi connectivity index (χ2v) is 12.9. The molecular formula is C31H32ClF3N9O5+. The van der Waals surface area contributed by atoms with Crippen LogP contribution in [0.5, 0.6) is 5.75 Å². The summed E-state index contributed by atoms with van der Waals surface area (Å²) >= 11 is 6.12. The summed E-state index contributed by atoms with van der Waals surface area (Å²) in [4.78, 5) is 57.3. The zero-order valence-electron chi connectivity index (χ0n) is 26.3. The quantitative estimate of drug-likeness (QED) is 0.265. The largest absolute Gasteiger partial charge is 0.504 e. The number of carbonyl (C=O) groups is 2. The van der Waals surface area contributed by atoms with Gasteiger partial charge >= 0.3 is 23.5 Å². The van der Waals surface area contributed by atoms with Crippen LogP contribution in [0.4, 0.5) is 24.8 Å². The Labute approximate surface area is 281 Å². The van der Waals surface area contributed by atoms with Crippen molar-refractivity contribution in [3.05, 3.63) is 68.1 Å². The van der Waals surface area contributed by atoms with Gasteiger partial charge in [-0.05, 0) is 49.4 Å². The number of nitrogens with zero attached hydrogens (tertiary/aromatic N) is 7. The number of hydrogen-bond donors (Lipinski definition) is 3. The van der Waals surface area contributed by atoms with E-state index in [0.717, 1.165) is 18.2 Å². The van der Waals surface area contributed by atoms with Gasteiger partial charge < -0.3 is 25.0 Å². The highest BCUT2D eigenvalue weighted by Gasteiger charge is 2.49. The maximum atomic E-state index is 14.3. The molecule has 5 heterocycles. The maximum absolute atomic E-state index is 14.3. The fraction of sp³-hybridized carbons (Fsp3) is 0.452. The second-order valence-electron chi connectivity index (χ2n) is 12.5. The average molecular weight is 703 g/mol. The number of aromatic nitrogens is 6. The number of H-pyrrole nitrogens is 1. The molecule has 0 atom stereocenters. The van der Waals surface area contributed by atoms with Crippen molar-refractivity contribution in [3.63, 3.8) is 0 Å². The zero-order chi connectivity index (χ0) is 34.7. The Hall–Kier alpha value is -4.77. The van der Waals surface area contributed by atoms with E-state index in [1.165, 1.54) is 10.8 Å². The van der Waals surface area contributed by atoms with Crippen molar-refractivity contribution in [2.75, 3.05) is 49.6 Å². The van der Waals surface area contributed by atoms with E-state index >= 15 is 0 Å². The molecule has 7 rings (SSSR count). The molecule has 1 spiro atoms. The molecule has 18 heteroatoms. The van der Waals surface area contributed by atoms with E-state index in [2.05, 4.69) is 20.4 Å². The molecule has 3 N–H and O–H groups in total. The maximum Gasteiger partial charge on any atom is 0.428 e. The molecule has 14 nitrogen and oxygen atoms in total. The number of morpholine rings is 1. The van der Waals surface area contributed by atoms with Gasteiger partial charge in [-0.2, -0.15) is 18.3 Å². The minimum atomic E-state index is -4.60. The molecule has 2 aliphatic heterocycles. The minimum Gasteiger partial charge on any atom is -0.504 e. The first-order chi connectivity index (χ1) is 23.4. The van der Waals surface area contributed by atoms with Crippen LogP contribution in [-0.4, -0.2) is 85.8 Å². The van der Waals surface area contributed by atoms with Gasteiger partial charge in [0.2, 0.25) is 0 Å². The van der Waals surface area contributed by atoms with Crippen LogP contribution < -0.4 is 20.3 Å². The highest BCUT2D eigenvalue weighted by molar-refractivity contribution is 6.33. The van der Waals surface area contributed by atoms with Crippen LogP contribution in [0.3, 0.4) is 0 Å². The number of benzene rings is 1.